The number of ether oxygens (including phenoxy) is 3. The normalized spacial score (nSPS) is 20.0. The molecule has 1 amide bonds. The Labute approximate surface area is 216 Å². The SMILES string of the molecule is CC=C1C(CC)C=C(C)CC1(NC(=O)Oc1ccccc1)c1ccc(OC(=O)Oc2ccccc2)nc1. The van der Waals surface area contributed by atoms with E-state index in [0.29, 0.717) is 17.9 Å². The number of nitrogens with zero attached hydrogens (tertiary/aromatic N) is 1. The Balaban J connectivity index is 1.61. The lowest BCUT2D eigenvalue weighted by Gasteiger charge is -2.43. The molecule has 37 heavy (non-hydrogen) atoms. The quantitative estimate of drug-likeness (QED) is 0.224. The summed E-state index contributed by atoms with van der Waals surface area (Å²) in [4.78, 5) is 29.7. The maximum Gasteiger partial charge on any atom is 0.520 e. The summed E-state index contributed by atoms with van der Waals surface area (Å²) in [5.41, 5.74) is 2.06. The lowest BCUT2D eigenvalue weighted by molar-refractivity contribution is 0.150. The molecular formula is C30H30N2O5. The molecule has 190 valence electrons. The van der Waals surface area contributed by atoms with Gasteiger partial charge in [0.1, 0.15) is 11.5 Å². The smallest absolute Gasteiger partial charge is 0.410 e. The zero-order valence-corrected chi connectivity index (χ0v) is 21.1. The summed E-state index contributed by atoms with van der Waals surface area (Å²) in [6.07, 6.45) is 5.86. The molecule has 2 atom stereocenters. The van der Waals surface area contributed by atoms with Crippen LogP contribution >= 0.6 is 0 Å². The molecule has 1 N–H and O–H groups in total. The van der Waals surface area contributed by atoms with Crippen LogP contribution in [0.25, 0.3) is 0 Å². The van der Waals surface area contributed by atoms with Gasteiger partial charge in [-0.25, -0.2) is 14.6 Å². The van der Waals surface area contributed by atoms with Crippen molar-refractivity contribution in [1.29, 1.82) is 0 Å². The van der Waals surface area contributed by atoms with Gasteiger partial charge in [-0.15, -0.1) is 0 Å². The van der Waals surface area contributed by atoms with E-state index in [1.807, 2.05) is 37.3 Å². The summed E-state index contributed by atoms with van der Waals surface area (Å²) in [5, 5.41) is 3.14. The van der Waals surface area contributed by atoms with Gasteiger partial charge in [-0.1, -0.05) is 61.0 Å². The summed E-state index contributed by atoms with van der Waals surface area (Å²) in [7, 11) is 0. The van der Waals surface area contributed by atoms with E-state index in [0.717, 1.165) is 23.1 Å². The predicted octanol–water partition coefficient (Wildman–Crippen LogP) is 6.97. The van der Waals surface area contributed by atoms with E-state index in [4.69, 9.17) is 14.2 Å². The topological polar surface area (TPSA) is 86.8 Å². The molecule has 1 aliphatic carbocycles. The highest BCUT2D eigenvalue weighted by atomic mass is 16.7. The number of pyridine rings is 1. The molecule has 0 spiro atoms. The van der Waals surface area contributed by atoms with Crippen LogP contribution in [0.3, 0.4) is 0 Å². The largest absolute Gasteiger partial charge is 0.520 e. The standard InChI is InChI=1S/C30H30N2O5/c1-4-22-18-21(3)19-30(26(22)5-2,32-28(33)35-24-12-8-6-9-13-24)23-16-17-27(31-20-23)37-29(34)36-25-14-10-7-11-15-25/h5-18,20,22H,4,19H2,1-3H3,(H,32,33). The minimum absolute atomic E-state index is 0.0869. The van der Waals surface area contributed by atoms with Gasteiger partial charge in [-0.2, -0.15) is 0 Å². The van der Waals surface area contributed by atoms with E-state index in [2.05, 4.69) is 30.2 Å². The van der Waals surface area contributed by atoms with E-state index in [9.17, 15) is 9.59 Å². The molecule has 0 fully saturated rings. The third-order valence-electron chi connectivity index (χ3n) is 6.30. The number of benzene rings is 2. The third kappa shape index (κ3) is 6.06. The van der Waals surface area contributed by atoms with Crippen molar-refractivity contribution in [3.63, 3.8) is 0 Å². The zero-order valence-electron chi connectivity index (χ0n) is 21.1. The first-order valence-corrected chi connectivity index (χ1v) is 12.2. The van der Waals surface area contributed by atoms with Crippen LogP contribution < -0.4 is 19.5 Å². The highest BCUT2D eigenvalue weighted by Crippen LogP contribution is 2.45. The Morgan fingerprint density at radius 2 is 1.62 bits per heavy atom. The molecule has 1 aliphatic rings. The number of para-hydroxylation sites is 2. The Hall–Kier alpha value is -4.39. The zero-order chi connectivity index (χ0) is 26.3. The highest BCUT2D eigenvalue weighted by molar-refractivity contribution is 5.73. The monoisotopic (exact) mass is 498 g/mol. The summed E-state index contributed by atoms with van der Waals surface area (Å²) < 4.78 is 16.0. The molecule has 1 heterocycles. The lowest BCUT2D eigenvalue weighted by atomic mass is 9.68. The molecule has 0 saturated carbocycles. The number of aromatic nitrogens is 1. The molecule has 2 aromatic carbocycles. The van der Waals surface area contributed by atoms with Crippen LogP contribution in [0.4, 0.5) is 9.59 Å². The maximum absolute atomic E-state index is 13.1. The number of hydrogen-bond acceptors (Lipinski definition) is 6. The molecule has 7 nitrogen and oxygen atoms in total. The molecule has 4 rings (SSSR count). The number of rotatable bonds is 6. The molecule has 0 saturated heterocycles. The first-order chi connectivity index (χ1) is 17.9. The van der Waals surface area contributed by atoms with Crippen LogP contribution in [0.15, 0.2) is 102 Å². The van der Waals surface area contributed by atoms with Crippen molar-refractivity contribution in [2.45, 2.75) is 39.2 Å². The van der Waals surface area contributed by atoms with Crippen LogP contribution in [0.5, 0.6) is 17.4 Å². The minimum Gasteiger partial charge on any atom is -0.410 e. The second kappa shape index (κ2) is 11.6. The molecule has 3 aromatic rings. The predicted molar refractivity (Wildman–Crippen MR) is 141 cm³/mol. The van der Waals surface area contributed by atoms with Crippen LogP contribution in [0, 0.1) is 5.92 Å². The van der Waals surface area contributed by atoms with Gasteiger partial charge in [0, 0.05) is 23.7 Å². The molecule has 0 aliphatic heterocycles. The summed E-state index contributed by atoms with van der Waals surface area (Å²) >= 11 is 0. The Morgan fingerprint density at radius 1 is 0.973 bits per heavy atom. The first-order valence-electron chi connectivity index (χ1n) is 12.2. The van der Waals surface area contributed by atoms with E-state index < -0.39 is 17.8 Å². The van der Waals surface area contributed by atoms with Crippen LogP contribution in [0.1, 0.15) is 39.2 Å². The van der Waals surface area contributed by atoms with Gasteiger partial charge in [-0.3, -0.25) is 0 Å². The van der Waals surface area contributed by atoms with Gasteiger partial charge >= 0.3 is 12.2 Å². The Kier molecular flexibility index (Phi) is 8.03. The average Bonchev–Trinajstić information content (AvgIpc) is 2.89. The average molecular weight is 499 g/mol. The molecule has 0 bridgehead atoms. The fraction of sp³-hybridized carbons (Fsp3) is 0.233. The van der Waals surface area contributed by atoms with Crippen molar-refractivity contribution in [2.75, 3.05) is 0 Å². The van der Waals surface area contributed by atoms with Crippen molar-refractivity contribution in [1.82, 2.24) is 10.3 Å². The van der Waals surface area contributed by atoms with Gasteiger partial charge in [-0.05, 0) is 62.6 Å². The van der Waals surface area contributed by atoms with E-state index in [1.54, 1.807) is 54.7 Å². The van der Waals surface area contributed by atoms with Gasteiger partial charge in [0.2, 0.25) is 5.88 Å². The molecule has 2 unspecified atom stereocenters. The number of carbonyl (C=O) groups is 2. The van der Waals surface area contributed by atoms with Gasteiger partial charge in [0.25, 0.3) is 0 Å². The third-order valence-corrected chi connectivity index (χ3v) is 6.30. The van der Waals surface area contributed by atoms with E-state index in [1.165, 1.54) is 0 Å². The minimum atomic E-state index is -0.887. The second-order valence-electron chi connectivity index (χ2n) is 8.83. The number of amides is 1. The van der Waals surface area contributed by atoms with Crippen molar-refractivity contribution in [2.24, 2.45) is 5.92 Å². The fourth-order valence-electron chi connectivity index (χ4n) is 4.76. The molecule has 1 aromatic heterocycles. The van der Waals surface area contributed by atoms with Gasteiger partial charge in [0.15, 0.2) is 0 Å². The van der Waals surface area contributed by atoms with Crippen LogP contribution in [-0.2, 0) is 5.54 Å². The molecule has 7 heteroatoms. The summed E-state index contributed by atoms with van der Waals surface area (Å²) in [5.74, 6) is 1.04. The first kappa shape index (κ1) is 25.7. The number of allylic oxidation sites excluding steroid dienone is 2. The van der Waals surface area contributed by atoms with E-state index >= 15 is 0 Å². The number of carbonyl (C=O) groups excluding carboxylic acids is 2. The fourth-order valence-corrected chi connectivity index (χ4v) is 4.76. The van der Waals surface area contributed by atoms with Crippen molar-refractivity contribution in [3.8, 4) is 17.4 Å². The van der Waals surface area contributed by atoms with Crippen molar-refractivity contribution in [3.05, 3.63) is 108 Å². The highest BCUT2D eigenvalue weighted by Gasteiger charge is 2.43. The van der Waals surface area contributed by atoms with Crippen LogP contribution in [0.2, 0.25) is 0 Å². The van der Waals surface area contributed by atoms with Gasteiger partial charge < -0.3 is 19.5 Å². The molecular weight excluding hydrogens is 468 g/mol. The Morgan fingerprint density at radius 3 is 2.19 bits per heavy atom. The summed E-state index contributed by atoms with van der Waals surface area (Å²) in [6.45, 7) is 6.14. The van der Waals surface area contributed by atoms with E-state index in [-0.39, 0.29) is 11.8 Å². The Bertz CT molecular complexity index is 1290. The number of hydrogen-bond donors (Lipinski definition) is 1. The maximum atomic E-state index is 13.1. The lowest BCUT2D eigenvalue weighted by Crippen LogP contribution is -2.51. The van der Waals surface area contributed by atoms with Crippen molar-refractivity contribution < 1.29 is 23.8 Å². The second-order valence-corrected chi connectivity index (χ2v) is 8.83. The van der Waals surface area contributed by atoms with Gasteiger partial charge in [0.05, 0.1) is 5.54 Å². The van der Waals surface area contributed by atoms with Crippen LogP contribution in [-0.4, -0.2) is 17.2 Å². The van der Waals surface area contributed by atoms with Crippen molar-refractivity contribution >= 4 is 12.2 Å². The number of nitrogens with one attached hydrogen (secondary N) is 1. The summed E-state index contributed by atoms with van der Waals surface area (Å²) in [6, 6.07) is 21.0. The molecule has 0 radical (unpaired) electrons.